The summed E-state index contributed by atoms with van der Waals surface area (Å²) < 4.78 is 5.96. The number of furan rings is 1. The van der Waals surface area contributed by atoms with Crippen molar-refractivity contribution in [3.05, 3.63) is 36.1 Å². The van der Waals surface area contributed by atoms with E-state index in [9.17, 15) is 4.79 Å². The number of nitrogens with two attached hydrogens (primary N) is 1. The van der Waals surface area contributed by atoms with Gasteiger partial charge in [-0.05, 0) is 51.3 Å². The van der Waals surface area contributed by atoms with Crippen molar-refractivity contribution in [2.75, 3.05) is 13.1 Å². The maximum atomic E-state index is 13.0. The van der Waals surface area contributed by atoms with Gasteiger partial charge < -0.3 is 15.1 Å². The minimum Gasteiger partial charge on any atom is -0.459 e. The molecule has 1 amide bonds. The van der Waals surface area contributed by atoms with E-state index >= 15 is 0 Å². The lowest BCUT2D eigenvalue weighted by Crippen LogP contribution is -2.40. The minimum absolute atomic E-state index is 0.0566. The van der Waals surface area contributed by atoms with Crippen LogP contribution in [0.3, 0.4) is 0 Å². The molecule has 1 heterocycles. The Kier molecular flexibility index (Phi) is 4.71. The normalized spacial score (nSPS) is 22.4. The molecule has 1 aromatic carbocycles. The highest BCUT2D eigenvalue weighted by atomic mass is 16.3. The van der Waals surface area contributed by atoms with Crippen LogP contribution >= 0.6 is 0 Å². The summed E-state index contributed by atoms with van der Waals surface area (Å²) in [5.41, 5.74) is 6.73. The molecule has 3 rings (SSSR count). The lowest BCUT2D eigenvalue weighted by molar-refractivity contribution is -0.139. The van der Waals surface area contributed by atoms with E-state index in [-0.39, 0.29) is 17.9 Å². The molecule has 2 N–H and O–H groups in total. The second-order valence-electron chi connectivity index (χ2n) is 6.52. The van der Waals surface area contributed by atoms with E-state index in [1.165, 1.54) is 0 Å². The molecule has 4 nitrogen and oxygen atoms in total. The Hall–Kier alpha value is -1.81. The number of para-hydroxylation sites is 1. The van der Waals surface area contributed by atoms with Crippen molar-refractivity contribution in [2.24, 2.45) is 17.6 Å². The van der Waals surface area contributed by atoms with Gasteiger partial charge in [0.2, 0.25) is 5.91 Å². The second kappa shape index (κ2) is 6.75. The molecule has 1 unspecified atom stereocenters. The number of hydrogen-bond donors (Lipinski definition) is 1. The molecular formula is C19H26N2O2. The Morgan fingerprint density at radius 2 is 2.17 bits per heavy atom. The largest absolute Gasteiger partial charge is 0.459 e. The third-order valence-corrected chi connectivity index (χ3v) is 5.23. The number of carbonyl (C=O) groups excluding carboxylic acids is 1. The van der Waals surface area contributed by atoms with Crippen LogP contribution in [0.4, 0.5) is 0 Å². The van der Waals surface area contributed by atoms with Gasteiger partial charge in [0, 0.05) is 17.8 Å². The fraction of sp³-hybridized carbons (Fsp3) is 0.526. The predicted molar refractivity (Wildman–Crippen MR) is 91.9 cm³/mol. The Morgan fingerprint density at radius 1 is 1.39 bits per heavy atom. The first-order valence-corrected chi connectivity index (χ1v) is 8.64. The monoisotopic (exact) mass is 314 g/mol. The standard InChI is InChI=1S/C19H26N2O2/c1-3-21(19(22)16-9-6-8-15(16)12-20)13(2)18-11-14-7-4-5-10-17(14)23-18/h4-5,7,10-11,13,15-16H,3,6,8-9,12,20H2,1-2H3/t13?,15-,16-/m1/s1. The Labute approximate surface area is 137 Å². The van der Waals surface area contributed by atoms with Crippen molar-refractivity contribution in [3.63, 3.8) is 0 Å². The molecular weight excluding hydrogens is 288 g/mol. The minimum atomic E-state index is -0.0566. The summed E-state index contributed by atoms with van der Waals surface area (Å²) >= 11 is 0. The smallest absolute Gasteiger partial charge is 0.226 e. The summed E-state index contributed by atoms with van der Waals surface area (Å²) in [6.45, 7) is 5.37. The van der Waals surface area contributed by atoms with Crippen LogP contribution in [0.15, 0.2) is 34.7 Å². The summed E-state index contributed by atoms with van der Waals surface area (Å²) in [5.74, 6) is 1.49. The van der Waals surface area contributed by atoms with E-state index in [1.807, 2.05) is 49.1 Å². The van der Waals surface area contributed by atoms with Crippen molar-refractivity contribution in [1.29, 1.82) is 0 Å². The van der Waals surface area contributed by atoms with E-state index in [2.05, 4.69) is 0 Å². The van der Waals surface area contributed by atoms with Gasteiger partial charge in [0.1, 0.15) is 11.3 Å². The number of carbonyl (C=O) groups is 1. The van der Waals surface area contributed by atoms with Crippen molar-refractivity contribution in [3.8, 4) is 0 Å². The SMILES string of the molecule is CCN(C(=O)[C@@H]1CCC[C@@H]1CN)C(C)c1cc2ccccc2o1. The molecule has 0 spiro atoms. The molecule has 0 aliphatic heterocycles. The van der Waals surface area contributed by atoms with Crippen LogP contribution in [0.25, 0.3) is 11.0 Å². The Morgan fingerprint density at radius 3 is 2.87 bits per heavy atom. The first kappa shape index (κ1) is 16.1. The van der Waals surface area contributed by atoms with Crippen LogP contribution in [0, 0.1) is 11.8 Å². The van der Waals surface area contributed by atoms with Crippen molar-refractivity contribution >= 4 is 16.9 Å². The third-order valence-electron chi connectivity index (χ3n) is 5.23. The van der Waals surface area contributed by atoms with Crippen molar-refractivity contribution in [2.45, 2.75) is 39.2 Å². The fourth-order valence-electron chi connectivity index (χ4n) is 3.84. The molecule has 124 valence electrons. The van der Waals surface area contributed by atoms with Gasteiger partial charge in [-0.2, -0.15) is 0 Å². The predicted octanol–water partition coefficient (Wildman–Crippen LogP) is 3.72. The van der Waals surface area contributed by atoms with E-state index in [4.69, 9.17) is 10.2 Å². The van der Waals surface area contributed by atoms with Gasteiger partial charge in [0.05, 0.1) is 6.04 Å². The maximum absolute atomic E-state index is 13.0. The molecule has 23 heavy (non-hydrogen) atoms. The molecule has 0 bridgehead atoms. The van der Waals surface area contributed by atoms with Crippen molar-refractivity contribution in [1.82, 2.24) is 4.90 Å². The quantitative estimate of drug-likeness (QED) is 0.915. The van der Waals surface area contributed by atoms with E-state index in [0.29, 0.717) is 19.0 Å². The third kappa shape index (κ3) is 3.00. The molecule has 0 radical (unpaired) electrons. The van der Waals surface area contributed by atoms with E-state index in [0.717, 1.165) is 36.0 Å². The van der Waals surface area contributed by atoms with Gasteiger partial charge in [-0.25, -0.2) is 0 Å². The first-order chi connectivity index (χ1) is 11.2. The summed E-state index contributed by atoms with van der Waals surface area (Å²) in [5, 5.41) is 1.08. The van der Waals surface area contributed by atoms with Crippen LogP contribution in [-0.2, 0) is 4.79 Å². The van der Waals surface area contributed by atoms with Crippen LogP contribution in [0.2, 0.25) is 0 Å². The first-order valence-electron chi connectivity index (χ1n) is 8.64. The number of rotatable bonds is 5. The summed E-state index contributed by atoms with van der Waals surface area (Å²) in [4.78, 5) is 14.9. The molecule has 2 aromatic rings. The molecule has 3 atom stereocenters. The Balaban J connectivity index is 1.83. The van der Waals surface area contributed by atoms with Crippen LogP contribution in [-0.4, -0.2) is 23.9 Å². The van der Waals surface area contributed by atoms with E-state index in [1.54, 1.807) is 0 Å². The van der Waals surface area contributed by atoms with Crippen LogP contribution < -0.4 is 5.73 Å². The van der Waals surface area contributed by atoms with Crippen LogP contribution in [0.5, 0.6) is 0 Å². The topological polar surface area (TPSA) is 59.5 Å². The fourth-order valence-corrected chi connectivity index (χ4v) is 3.84. The highest BCUT2D eigenvalue weighted by Gasteiger charge is 2.36. The van der Waals surface area contributed by atoms with E-state index < -0.39 is 0 Å². The number of fused-ring (bicyclic) bond motifs is 1. The summed E-state index contributed by atoms with van der Waals surface area (Å²) in [6, 6.07) is 9.95. The lowest BCUT2D eigenvalue weighted by Gasteiger charge is -2.31. The second-order valence-corrected chi connectivity index (χ2v) is 6.52. The summed E-state index contributed by atoms with van der Waals surface area (Å²) in [7, 11) is 0. The van der Waals surface area contributed by atoms with Gasteiger partial charge in [-0.1, -0.05) is 24.6 Å². The van der Waals surface area contributed by atoms with Gasteiger partial charge in [0.25, 0.3) is 0 Å². The lowest BCUT2D eigenvalue weighted by atomic mass is 9.94. The number of hydrogen-bond acceptors (Lipinski definition) is 3. The molecule has 1 fully saturated rings. The number of benzene rings is 1. The van der Waals surface area contributed by atoms with Gasteiger partial charge in [0.15, 0.2) is 0 Å². The molecule has 0 saturated heterocycles. The van der Waals surface area contributed by atoms with Crippen LogP contribution in [0.1, 0.15) is 44.9 Å². The zero-order valence-corrected chi connectivity index (χ0v) is 14.0. The number of amides is 1. The average molecular weight is 314 g/mol. The average Bonchev–Trinajstić information content (AvgIpc) is 3.21. The number of nitrogens with zero attached hydrogens (tertiary/aromatic N) is 1. The van der Waals surface area contributed by atoms with Gasteiger partial charge >= 0.3 is 0 Å². The zero-order chi connectivity index (χ0) is 16.4. The molecule has 1 aliphatic carbocycles. The molecule has 4 heteroatoms. The molecule has 1 aromatic heterocycles. The van der Waals surface area contributed by atoms with Gasteiger partial charge in [-0.15, -0.1) is 0 Å². The Bertz CT molecular complexity index is 646. The van der Waals surface area contributed by atoms with Gasteiger partial charge in [-0.3, -0.25) is 4.79 Å². The summed E-state index contributed by atoms with van der Waals surface area (Å²) in [6.07, 6.45) is 3.14. The van der Waals surface area contributed by atoms with Crippen molar-refractivity contribution < 1.29 is 9.21 Å². The highest BCUT2D eigenvalue weighted by Crippen LogP contribution is 2.35. The molecule has 1 aliphatic rings. The zero-order valence-electron chi connectivity index (χ0n) is 14.0. The molecule has 1 saturated carbocycles. The highest BCUT2D eigenvalue weighted by molar-refractivity contribution is 5.81. The maximum Gasteiger partial charge on any atom is 0.226 e.